The number of esters is 1. The van der Waals surface area contributed by atoms with E-state index < -0.39 is 9.84 Å². The van der Waals surface area contributed by atoms with E-state index >= 15 is 0 Å². The van der Waals surface area contributed by atoms with Crippen molar-refractivity contribution in [2.75, 3.05) is 43.9 Å². The van der Waals surface area contributed by atoms with Crippen LogP contribution < -0.4 is 4.90 Å². The zero-order valence-electron chi connectivity index (χ0n) is 20.0. The van der Waals surface area contributed by atoms with Crippen LogP contribution in [0.4, 0.5) is 5.69 Å². The second kappa shape index (κ2) is 8.96. The average molecular weight is 484 g/mol. The van der Waals surface area contributed by atoms with Crippen LogP contribution in [-0.4, -0.2) is 63.3 Å². The Kier molecular flexibility index (Phi) is 6.14. The summed E-state index contributed by atoms with van der Waals surface area (Å²) in [5, 5.41) is 0.133. The molecule has 0 unspecified atom stereocenters. The molecular weight excluding hydrogens is 450 g/mol. The van der Waals surface area contributed by atoms with Crippen LogP contribution in [0.5, 0.6) is 0 Å². The van der Waals surface area contributed by atoms with Gasteiger partial charge in [0.15, 0.2) is 14.9 Å². The molecule has 3 aliphatic heterocycles. The van der Waals surface area contributed by atoms with Crippen molar-refractivity contribution in [3.8, 4) is 0 Å². The molecule has 0 saturated carbocycles. The Hall–Kier alpha value is -2.45. The second-order valence-electron chi connectivity index (χ2n) is 10.2. The summed E-state index contributed by atoms with van der Waals surface area (Å²) in [5.74, 6) is -0.195. The second-order valence-corrected chi connectivity index (χ2v) is 12.1. The number of nitrogens with zero attached hydrogens (tertiary/aromatic N) is 3. The first-order valence-electron chi connectivity index (χ1n) is 12.2. The normalized spacial score (nSPS) is 20.4. The monoisotopic (exact) mass is 483 g/mol. The number of hydrogen-bond donors (Lipinski definition) is 0. The van der Waals surface area contributed by atoms with E-state index in [0.717, 1.165) is 56.0 Å². The van der Waals surface area contributed by atoms with Gasteiger partial charge in [0.1, 0.15) is 6.61 Å². The average Bonchev–Trinajstić information content (AvgIpc) is 3.21. The minimum atomic E-state index is -3.26. The molecule has 0 aliphatic carbocycles. The lowest BCUT2D eigenvalue weighted by molar-refractivity contribution is 0.0535. The van der Waals surface area contributed by atoms with Gasteiger partial charge in [-0.1, -0.05) is 6.07 Å². The summed E-state index contributed by atoms with van der Waals surface area (Å²) in [5.41, 5.74) is 5.76. The SMILES string of the molecule is Cc1c(CCN2CCC3(CC2)CCN(c2ccc(S(C)(=O)=O)nc2)CC3)ccc2c1COC2=O. The molecule has 4 heterocycles. The van der Waals surface area contributed by atoms with Gasteiger partial charge in [-0.15, -0.1) is 0 Å². The lowest BCUT2D eigenvalue weighted by atomic mass is 9.71. The molecule has 2 fully saturated rings. The van der Waals surface area contributed by atoms with Crippen LogP contribution in [0.2, 0.25) is 0 Å². The molecule has 0 N–H and O–H groups in total. The molecule has 0 bridgehead atoms. The van der Waals surface area contributed by atoms with E-state index in [9.17, 15) is 13.2 Å². The number of fused-ring (bicyclic) bond motifs is 1. The van der Waals surface area contributed by atoms with E-state index in [2.05, 4.69) is 27.8 Å². The molecule has 182 valence electrons. The first-order chi connectivity index (χ1) is 16.2. The van der Waals surface area contributed by atoms with E-state index in [4.69, 9.17) is 4.74 Å². The van der Waals surface area contributed by atoms with E-state index in [0.29, 0.717) is 12.0 Å². The summed E-state index contributed by atoms with van der Waals surface area (Å²) in [4.78, 5) is 20.8. The summed E-state index contributed by atoms with van der Waals surface area (Å²) < 4.78 is 28.5. The fraction of sp³-hybridized carbons (Fsp3) is 0.538. The number of anilines is 1. The third kappa shape index (κ3) is 4.58. The summed E-state index contributed by atoms with van der Waals surface area (Å²) in [6.45, 7) is 7.83. The number of sulfone groups is 1. The Balaban J connectivity index is 1.12. The minimum absolute atomic E-state index is 0.133. The lowest BCUT2D eigenvalue weighted by Gasteiger charge is -2.47. The molecule has 0 atom stereocenters. The van der Waals surface area contributed by atoms with E-state index in [1.54, 1.807) is 12.3 Å². The van der Waals surface area contributed by atoms with Gasteiger partial charge in [-0.2, -0.15) is 0 Å². The topological polar surface area (TPSA) is 79.8 Å². The maximum atomic E-state index is 11.8. The number of pyridine rings is 1. The van der Waals surface area contributed by atoms with Crippen molar-refractivity contribution in [1.82, 2.24) is 9.88 Å². The van der Waals surface area contributed by atoms with Gasteiger partial charge >= 0.3 is 5.97 Å². The van der Waals surface area contributed by atoms with Crippen molar-refractivity contribution < 1.29 is 17.9 Å². The van der Waals surface area contributed by atoms with Crippen molar-refractivity contribution >= 4 is 21.5 Å². The number of carbonyl (C=O) groups excluding carboxylic acids is 1. The van der Waals surface area contributed by atoms with Gasteiger partial charge in [0.2, 0.25) is 0 Å². The molecule has 0 amide bonds. The molecule has 8 heteroatoms. The number of benzene rings is 1. The van der Waals surface area contributed by atoms with Crippen molar-refractivity contribution in [3.63, 3.8) is 0 Å². The lowest BCUT2D eigenvalue weighted by Crippen LogP contribution is -2.47. The van der Waals surface area contributed by atoms with Crippen LogP contribution in [0.1, 0.15) is 52.7 Å². The van der Waals surface area contributed by atoms with E-state index in [1.165, 1.54) is 43.1 Å². The third-order valence-electron chi connectivity index (χ3n) is 8.18. The number of carbonyl (C=O) groups is 1. The largest absolute Gasteiger partial charge is 0.457 e. The van der Waals surface area contributed by atoms with Crippen molar-refractivity contribution in [3.05, 3.63) is 52.7 Å². The number of ether oxygens (including phenoxy) is 1. The Bertz CT molecular complexity index is 1180. The number of cyclic esters (lactones) is 1. The van der Waals surface area contributed by atoms with Crippen LogP contribution in [0.15, 0.2) is 35.5 Å². The zero-order valence-corrected chi connectivity index (χ0v) is 20.9. The Labute approximate surface area is 202 Å². The van der Waals surface area contributed by atoms with Crippen molar-refractivity contribution in [1.29, 1.82) is 0 Å². The highest BCUT2D eigenvalue weighted by atomic mass is 32.2. The summed E-state index contributed by atoms with van der Waals surface area (Å²) >= 11 is 0. The number of hydrogen-bond acceptors (Lipinski definition) is 7. The molecule has 1 aromatic heterocycles. The highest BCUT2D eigenvalue weighted by Crippen LogP contribution is 2.42. The van der Waals surface area contributed by atoms with Gasteiger partial charge in [-0.3, -0.25) is 0 Å². The molecule has 2 saturated heterocycles. The number of rotatable bonds is 5. The molecule has 1 aromatic carbocycles. The van der Waals surface area contributed by atoms with E-state index in [-0.39, 0.29) is 11.0 Å². The first kappa shape index (κ1) is 23.3. The van der Waals surface area contributed by atoms with Crippen LogP contribution in [-0.2, 0) is 27.6 Å². The molecule has 0 radical (unpaired) electrons. The molecule has 2 aromatic rings. The van der Waals surface area contributed by atoms with Crippen LogP contribution >= 0.6 is 0 Å². The number of piperidine rings is 2. The number of likely N-dealkylation sites (tertiary alicyclic amines) is 1. The Morgan fingerprint density at radius 3 is 2.38 bits per heavy atom. The predicted octanol–water partition coefficient (Wildman–Crippen LogP) is 3.39. The molecule has 5 rings (SSSR count). The van der Waals surface area contributed by atoms with E-state index in [1.807, 2.05) is 12.1 Å². The highest BCUT2D eigenvalue weighted by Gasteiger charge is 2.37. The standard InChI is InChI=1S/C26H33N3O4S/c1-19-20(3-5-22-23(19)18-33-25(22)30)7-12-28-13-8-26(9-14-28)10-15-29(16-11-26)21-4-6-24(27-17-21)34(2,31)32/h3-6,17H,7-16,18H2,1-2H3. The quantitative estimate of drug-likeness (QED) is 0.603. The smallest absolute Gasteiger partial charge is 0.338 e. The number of aromatic nitrogens is 1. The fourth-order valence-electron chi connectivity index (χ4n) is 5.72. The van der Waals surface area contributed by atoms with Gasteiger partial charge in [0.25, 0.3) is 0 Å². The summed E-state index contributed by atoms with van der Waals surface area (Å²) in [7, 11) is -3.26. The first-order valence-corrected chi connectivity index (χ1v) is 14.1. The maximum absolute atomic E-state index is 11.8. The zero-order chi connectivity index (χ0) is 23.9. The Morgan fingerprint density at radius 1 is 1.03 bits per heavy atom. The van der Waals surface area contributed by atoms with Gasteiger partial charge in [-0.25, -0.2) is 18.2 Å². The maximum Gasteiger partial charge on any atom is 0.338 e. The van der Waals surface area contributed by atoms with Crippen molar-refractivity contribution in [2.24, 2.45) is 5.41 Å². The molecule has 3 aliphatic rings. The third-order valence-corrected chi connectivity index (χ3v) is 9.18. The summed E-state index contributed by atoms with van der Waals surface area (Å²) in [6, 6.07) is 7.52. The van der Waals surface area contributed by atoms with Gasteiger partial charge in [-0.05, 0) is 86.9 Å². The van der Waals surface area contributed by atoms with Gasteiger partial charge in [0.05, 0.1) is 17.4 Å². The predicted molar refractivity (Wildman–Crippen MR) is 131 cm³/mol. The van der Waals surface area contributed by atoms with Crippen LogP contribution in [0.3, 0.4) is 0 Å². The van der Waals surface area contributed by atoms with Crippen LogP contribution in [0.25, 0.3) is 0 Å². The molecule has 1 spiro atoms. The fourth-order valence-corrected chi connectivity index (χ4v) is 6.28. The van der Waals surface area contributed by atoms with Crippen molar-refractivity contribution in [2.45, 2.75) is 50.7 Å². The summed E-state index contributed by atoms with van der Waals surface area (Å²) in [6.07, 6.45) is 8.70. The Morgan fingerprint density at radius 2 is 1.74 bits per heavy atom. The highest BCUT2D eigenvalue weighted by molar-refractivity contribution is 7.90. The molecule has 34 heavy (non-hydrogen) atoms. The van der Waals surface area contributed by atoms with Gasteiger partial charge in [0, 0.05) is 31.5 Å². The molecular formula is C26H33N3O4S. The minimum Gasteiger partial charge on any atom is -0.457 e. The van der Waals surface area contributed by atoms with Gasteiger partial charge < -0.3 is 14.5 Å². The molecule has 7 nitrogen and oxygen atoms in total. The van der Waals surface area contributed by atoms with Crippen LogP contribution in [0, 0.1) is 12.3 Å².